The Hall–Kier alpha value is -2.08. The van der Waals surface area contributed by atoms with Crippen molar-refractivity contribution in [3.05, 3.63) is 35.9 Å². The predicted octanol–water partition coefficient (Wildman–Crippen LogP) is 2.00. The van der Waals surface area contributed by atoms with Crippen molar-refractivity contribution >= 4 is 12.1 Å². The van der Waals surface area contributed by atoms with Crippen LogP contribution in [-0.4, -0.2) is 34.9 Å². The van der Waals surface area contributed by atoms with Crippen molar-refractivity contribution in [3.8, 4) is 0 Å². The van der Waals surface area contributed by atoms with E-state index >= 15 is 0 Å². The van der Waals surface area contributed by atoms with Gasteiger partial charge in [0.15, 0.2) is 6.04 Å². The van der Waals surface area contributed by atoms with Crippen LogP contribution in [0.3, 0.4) is 0 Å². The Morgan fingerprint density at radius 2 is 1.82 bits per heavy atom. The van der Waals surface area contributed by atoms with Gasteiger partial charge in [0.1, 0.15) is 12.2 Å². The van der Waals surface area contributed by atoms with Gasteiger partial charge in [-0.3, -0.25) is 0 Å². The van der Waals surface area contributed by atoms with Crippen LogP contribution in [0.25, 0.3) is 0 Å². The second kappa shape index (κ2) is 7.79. The average molecular weight is 309 g/mol. The van der Waals surface area contributed by atoms with E-state index in [0.717, 1.165) is 5.56 Å². The fourth-order valence-electron chi connectivity index (χ4n) is 1.63. The Morgan fingerprint density at radius 1 is 1.23 bits per heavy atom. The van der Waals surface area contributed by atoms with Crippen LogP contribution in [0.2, 0.25) is 0 Å². The van der Waals surface area contributed by atoms with E-state index in [4.69, 9.17) is 9.47 Å². The van der Waals surface area contributed by atoms with Gasteiger partial charge < -0.3 is 19.9 Å². The summed E-state index contributed by atoms with van der Waals surface area (Å²) in [4.78, 5) is 23.7. The maximum absolute atomic E-state index is 12.0. The molecule has 1 aromatic rings. The first-order chi connectivity index (χ1) is 10.2. The molecule has 0 heterocycles. The number of ether oxygens (including phenoxy) is 2. The molecule has 0 aliphatic carbocycles. The van der Waals surface area contributed by atoms with Crippen molar-refractivity contribution in [1.82, 2.24) is 5.32 Å². The summed E-state index contributed by atoms with van der Waals surface area (Å²) in [6.07, 6.45) is -1.88. The molecule has 2 atom stereocenters. The van der Waals surface area contributed by atoms with Crippen molar-refractivity contribution in [2.45, 2.75) is 52.0 Å². The van der Waals surface area contributed by atoms with Gasteiger partial charge in [0.05, 0.1) is 6.10 Å². The highest BCUT2D eigenvalue weighted by molar-refractivity contribution is 5.82. The predicted molar refractivity (Wildman–Crippen MR) is 81.1 cm³/mol. The summed E-state index contributed by atoms with van der Waals surface area (Å²) in [5, 5.41) is 12.0. The fourth-order valence-corrected chi connectivity index (χ4v) is 1.63. The van der Waals surface area contributed by atoms with E-state index in [-0.39, 0.29) is 6.61 Å². The maximum Gasteiger partial charge on any atom is 0.408 e. The maximum atomic E-state index is 12.0. The van der Waals surface area contributed by atoms with Gasteiger partial charge >= 0.3 is 12.1 Å². The van der Waals surface area contributed by atoms with Crippen LogP contribution in [0.5, 0.6) is 0 Å². The number of carbonyl (C=O) groups excluding carboxylic acids is 2. The van der Waals surface area contributed by atoms with Crippen LogP contribution in [-0.2, 0) is 20.9 Å². The Labute approximate surface area is 130 Å². The molecular formula is C16H23NO5. The lowest BCUT2D eigenvalue weighted by atomic mass is 10.2. The first-order valence-electron chi connectivity index (χ1n) is 7.07. The molecule has 0 fully saturated rings. The monoisotopic (exact) mass is 309 g/mol. The molecule has 0 spiro atoms. The molecule has 6 heteroatoms. The SMILES string of the molecule is C[C@@H](O)[C@@H](NC(=O)OC(C)(C)C)C(=O)OCc1ccccc1. The number of hydrogen-bond acceptors (Lipinski definition) is 5. The molecule has 22 heavy (non-hydrogen) atoms. The topological polar surface area (TPSA) is 84.9 Å². The molecule has 1 rings (SSSR count). The summed E-state index contributed by atoms with van der Waals surface area (Å²) in [7, 11) is 0. The summed E-state index contributed by atoms with van der Waals surface area (Å²) in [5.74, 6) is -0.718. The summed E-state index contributed by atoms with van der Waals surface area (Å²) >= 11 is 0. The second-order valence-electron chi connectivity index (χ2n) is 5.96. The van der Waals surface area contributed by atoms with E-state index in [2.05, 4.69) is 5.32 Å². The molecule has 0 saturated carbocycles. The van der Waals surface area contributed by atoms with Gasteiger partial charge in [-0.05, 0) is 33.3 Å². The minimum atomic E-state index is -1.18. The molecule has 0 saturated heterocycles. The first kappa shape index (κ1) is 18.0. The molecule has 2 N–H and O–H groups in total. The Morgan fingerprint density at radius 3 is 2.32 bits per heavy atom. The van der Waals surface area contributed by atoms with Crippen molar-refractivity contribution in [1.29, 1.82) is 0 Å². The number of hydrogen-bond donors (Lipinski definition) is 2. The Kier molecular flexibility index (Phi) is 6.37. The van der Waals surface area contributed by atoms with Crippen molar-refractivity contribution in [2.24, 2.45) is 0 Å². The van der Waals surface area contributed by atoms with Crippen LogP contribution >= 0.6 is 0 Å². The lowest BCUT2D eigenvalue weighted by molar-refractivity contribution is -0.150. The van der Waals surface area contributed by atoms with Gasteiger partial charge in [-0.25, -0.2) is 9.59 Å². The van der Waals surface area contributed by atoms with Gasteiger partial charge in [0, 0.05) is 0 Å². The number of amides is 1. The number of rotatable bonds is 5. The zero-order valence-electron chi connectivity index (χ0n) is 13.3. The molecule has 6 nitrogen and oxygen atoms in total. The van der Waals surface area contributed by atoms with Crippen LogP contribution < -0.4 is 5.32 Å². The molecule has 0 aromatic heterocycles. The second-order valence-corrected chi connectivity index (χ2v) is 5.96. The quantitative estimate of drug-likeness (QED) is 0.813. The number of nitrogens with one attached hydrogen (secondary N) is 1. The highest BCUT2D eigenvalue weighted by Gasteiger charge is 2.29. The number of alkyl carbamates (subject to hydrolysis) is 1. The normalized spacial score (nSPS) is 13.9. The third kappa shape index (κ3) is 6.58. The Balaban J connectivity index is 2.58. The standard InChI is InChI=1S/C16H23NO5/c1-11(18)13(17-15(20)22-16(2,3)4)14(19)21-10-12-8-6-5-7-9-12/h5-9,11,13,18H,10H2,1-4H3,(H,17,20)/t11-,13-/m1/s1. The molecule has 1 aromatic carbocycles. The van der Waals surface area contributed by atoms with Crippen LogP contribution in [0.1, 0.15) is 33.3 Å². The van der Waals surface area contributed by atoms with Gasteiger partial charge in [0.25, 0.3) is 0 Å². The molecule has 0 bridgehead atoms. The molecule has 0 unspecified atom stereocenters. The smallest absolute Gasteiger partial charge is 0.408 e. The lowest BCUT2D eigenvalue weighted by Gasteiger charge is -2.24. The number of carbonyl (C=O) groups is 2. The summed E-state index contributed by atoms with van der Waals surface area (Å²) in [5.41, 5.74) is 0.124. The summed E-state index contributed by atoms with van der Waals surface area (Å²) in [6, 6.07) is 7.95. The van der Waals surface area contributed by atoms with E-state index < -0.39 is 29.8 Å². The minimum absolute atomic E-state index is 0.0683. The third-order valence-electron chi connectivity index (χ3n) is 2.63. The molecular weight excluding hydrogens is 286 g/mol. The minimum Gasteiger partial charge on any atom is -0.459 e. The van der Waals surface area contributed by atoms with E-state index in [0.29, 0.717) is 0 Å². The molecule has 122 valence electrons. The Bertz CT molecular complexity index is 493. The lowest BCUT2D eigenvalue weighted by Crippen LogP contribution is -2.49. The summed E-state index contributed by atoms with van der Waals surface area (Å²) < 4.78 is 10.2. The first-order valence-corrected chi connectivity index (χ1v) is 7.07. The number of aliphatic hydroxyl groups is 1. The van der Waals surface area contributed by atoms with Gasteiger partial charge in [0.2, 0.25) is 0 Å². The highest BCUT2D eigenvalue weighted by atomic mass is 16.6. The number of aliphatic hydroxyl groups excluding tert-OH is 1. The third-order valence-corrected chi connectivity index (χ3v) is 2.63. The van der Waals surface area contributed by atoms with Crippen molar-refractivity contribution < 1.29 is 24.2 Å². The fraction of sp³-hybridized carbons (Fsp3) is 0.500. The van der Waals surface area contributed by atoms with E-state index in [9.17, 15) is 14.7 Å². The number of benzene rings is 1. The van der Waals surface area contributed by atoms with Gasteiger partial charge in [-0.1, -0.05) is 30.3 Å². The average Bonchev–Trinajstić information content (AvgIpc) is 2.41. The van der Waals surface area contributed by atoms with Gasteiger partial charge in [-0.15, -0.1) is 0 Å². The van der Waals surface area contributed by atoms with E-state index in [1.807, 2.05) is 30.3 Å². The van der Waals surface area contributed by atoms with Gasteiger partial charge in [-0.2, -0.15) is 0 Å². The van der Waals surface area contributed by atoms with Crippen LogP contribution in [0.4, 0.5) is 4.79 Å². The zero-order chi connectivity index (χ0) is 16.8. The van der Waals surface area contributed by atoms with Crippen LogP contribution in [0.15, 0.2) is 30.3 Å². The molecule has 1 amide bonds. The van der Waals surface area contributed by atoms with E-state index in [1.54, 1.807) is 20.8 Å². The number of esters is 1. The molecule has 0 aliphatic heterocycles. The van der Waals surface area contributed by atoms with Crippen molar-refractivity contribution in [3.63, 3.8) is 0 Å². The zero-order valence-corrected chi connectivity index (χ0v) is 13.3. The largest absolute Gasteiger partial charge is 0.459 e. The van der Waals surface area contributed by atoms with Crippen LogP contribution in [0, 0.1) is 0 Å². The molecule has 0 radical (unpaired) electrons. The highest BCUT2D eigenvalue weighted by Crippen LogP contribution is 2.08. The van der Waals surface area contributed by atoms with E-state index in [1.165, 1.54) is 6.92 Å². The summed E-state index contributed by atoms with van der Waals surface area (Å²) in [6.45, 7) is 6.58. The molecule has 0 aliphatic rings. The van der Waals surface area contributed by atoms with Crippen molar-refractivity contribution in [2.75, 3.05) is 0 Å².